The van der Waals surface area contributed by atoms with Gasteiger partial charge >= 0.3 is 11.9 Å². The van der Waals surface area contributed by atoms with Crippen LogP contribution in [-0.2, 0) is 62.1 Å². The normalized spacial score (nSPS) is 13.4. The van der Waals surface area contributed by atoms with E-state index in [2.05, 4.69) is 21.3 Å². The lowest BCUT2D eigenvalue weighted by molar-refractivity contribution is -0.140. The minimum absolute atomic E-state index is 0.198. The van der Waals surface area contributed by atoms with Crippen LogP contribution in [-0.4, -0.2) is 168 Å². The highest BCUT2D eigenvalue weighted by Gasteiger charge is 2.31. The Labute approximate surface area is 434 Å². The Morgan fingerprint density at radius 2 is 0.824 bits per heavy atom. The van der Waals surface area contributed by atoms with E-state index in [0.29, 0.717) is 11.1 Å². The van der Waals surface area contributed by atoms with Crippen LogP contribution in [0.4, 0.5) is 0 Å². The number of rotatable bonds is 38. The standard InChI is InChI=1S/C45H66N8O19S2/c1-65-21-69-28-9-25(10-29(15-28)70-22-66-2)36(73-19-34(42(59)52-40(57)17-46)50-38(55)7-5-32(48)44(61)62)13-27(54)14-37(26-11-30(71-23-67-3)16-31(12-26)72-24-68-4)74-20-35(43(60)53-41(58)18-47)51-39(56)8-6-33(49)45(63)64/h9-12,15-16,32-37H,5-8,13-14,17-24,46-49H2,1-4H3,(H,50,55)(H,51,56)(H,61,62)(H,63,64)(H,52,57,59)(H,53,58,60)/t32-,33-,34-,35-,36?,37?/m0/s1. The third-order valence-corrected chi connectivity index (χ3v) is 12.6. The molecule has 2 rings (SSSR count). The predicted molar refractivity (Wildman–Crippen MR) is 265 cm³/mol. The highest BCUT2D eigenvalue weighted by atomic mass is 32.2. The number of aliphatic carboxylic acids is 2. The number of carbonyl (C=O) groups is 9. The van der Waals surface area contributed by atoms with Crippen LogP contribution in [0, 0.1) is 0 Å². The number of nitrogens with two attached hydrogens (primary N) is 4. The summed E-state index contributed by atoms with van der Waals surface area (Å²) < 4.78 is 43.4. The largest absolute Gasteiger partial charge is 0.480 e. The molecule has 0 aromatic heterocycles. The van der Waals surface area contributed by atoms with E-state index in [0.717, 1.165) is 23.5 Å². The minimum Gasteiger partial charge on any atom is -0.480 e. The van der Waals surface area contributed by atoms with E-state index < -0.39 is 114 Å². The number of methoxy groups -OCH3 is 4. The Kier molecular flexibility index (Phi) is 30.4. The Morgan fingerprint density at radius 3 is 1.09 bits per heavy atom. The molecule has 0 saturated carbocycles. The van der Waals surface area contributed by atoms with Crippen molar-refractivity contribution in [3.63, 3.8) is 0 Å². The summed E-state index contributed by atoms with van der Waals surface area (Å²) in [6, 6.07) is 3.73. The number of carboxylic acid groups (broad SMARTS) is 2. The molecule has 0 spiro atoms. The second-order valence-electron chi connectivity index (χ2n) is 15.7. The average molecular weight is 1090 g/mol. The second-order valence-corrected chi connectivity index (χ2v) is 18.2. The molecule has 6 amide bonds. The van der Waals surface area contributed by atoms with Crippen LogP contribution in [0.15, 0.2) is 36.4 Å². The molecule has 6 atom stereocenters. The number of amides is 6. The zero-order chi connectivity index (χ0) is 55.2. The fourth-order valence-electron chi connectivity index (χ4n) is 6.14. The molecule has 29 heteroatoms. The Morgan fingerprint density at radius 1 is 0.514 bits per heavy atom. The molecule has 0 saturated heterocycles. The lowest BCUT2D eigenvalue weighted by Gasteiger charge is -2.25. The molecule has 0 aliphatic carbocycles. The van der Waals surface area contributed by atoms with E-state index in [9.17, 15) is 53.4 Å². The summed E-state index contributed by atoms with van der Waals surface area (Å²) in [5, 5.41) is 25.9. The van der Waals surface area contributed by atoms with E-state index in [-0.39, 0.29) is 87.4 Å². The van der Waals surface area contributed by atoms with Gasteiger partial charge in [-0.05, 0) is 48.2 Å². The van der Waals surface area contributed by atoms with E-state index in [1.54, 1.807) is 24.3 Å². The van der Waals surface area contributed by atoms with Crippen molar-refractivity contribution in [3.8, 4) is 23.0 Å². The van der Waals surface area contributed by atoms with Crippen molar-refractivity contribution < 1.29 is 91.3 Å². The number of nitrogens with one attached hydrogen (secondary N) is 4. The van der Waals surface area contributed by atoms with E-state index in [1.807, 2.05) is 0 Å². The summed E-state index contributed by atoms with van der Waals surface area (Å²) in [6.45, 7) is -1.94. The van der Waals surface area contributed by atoms with Crippen molar-refractivity contribution in [1.82, 2.24) is 21.3 Å². The van der Waals surface area contributed by atoms with Gasteiger partial charge in [-0.15, -0.1) is 0 Å². The highest BCUT2D eigenvalue weighted by Crippen LogP contribution is 2.41. The third kappa shape index (κ3) is 24.7. The first-order valence-corrected chi connectivity index (χ1v) is 24.5. The van der Waals surface area contributed by atoms with Gasteiger partial charge in [0.25, 0.3) is 0 Å². The monoisotopic (exact) mass is 1090 g/mol. The molecule has 0 bridgehead atoms. The van der Waals surface area contributed by atoms with Gasteiger partial charge in [-0.1, -0.05) is 0 Å². The van der Waals surface area contributed by atoms with E-state index in [1.165, 1.54) is 40.6 Å². The number of imide groups is 2. The highest BCUT2D eigenvalue weighted by molar-refractivity contribution is 7.99. The topological polar surface area (TPSA) is 420 Å². The van der Waals surface area contributed by atoms with Crippen molar-refractivity contribution in [2.24, 2.45) is 22.9 Å². The number of ether oxygens (including phenoxy) is 8. The summed E-state index contributed by atoms with van der Waals surface area (Å²) in [7, 11) is 5.59. The molecule has 0 fully saturated rings. The Bertz CT molecular complexity index is 1990. The third-order valence-electron chi connectivity index (χ3n) is 9.88. The molecule has 0 aliphatic rings. The van der Waals surface area contributed by atoms with Crippen LogP contribution in [0.3, 0.4) is 0 Å². The lowest BCUT2D eigenvalue weighted by atomic mass is 10.0. The molecule has 2 aromatic rings. The Hall–Kier alpha value is -6.15. The molecule has 2 aromatic carbocycles. The van der Waals surface area contributed by atoms with Crippen LogP contribution in [0.2, 0.25) is 0 Å². The molecule has 412 valence electrons. The van der Waals surface area contributed by atoms with Gasteiger partial charge < -0.3 is 81.7 Å². The summed E-state index contributed by atoms with van der Waals surface area (Å²) in [5.74, 6) is -8.01. The number of carboxylic acids is 2. The van der Waals surface area contributed by atoms with E-state index >= 15 is 0 Å². The van der Waals surface area contributed by atoms with Crippen molar-refractivity contribution in [2.45, 2.75) is 73.2 Å². The lowest BCUT2D eigenvalue weighted by Crippen LogP contribution is -2.51. The van der Waals surface area contributed by atoms with Crippen molar-refractivity contribution in [3.05, 3.63) is 47.5 Å². The van der Waals surface area contributed by atoms with Crippen LogP contribution >= 0.6 is 23.5 Å². The molecule has 14 N–H and O–H groups in total. The zero-order valence-corrected chi connectivity index (χ0v) is 42.9. The first-order chi connectivity index (χ1) is 35.3. The SMILES string of the molecule is COCOc1cc(OCOC)cc(C(CC(=O)CC(SC[C@H](NC(=O)CC[C@H](N)C(=O)O)C(=O)NC(=O)CN)c2cc(OCOC)cc(OCOC)c2)SC[C@H](NC(=O)CC[C@H](N)C(=O)O)C(=O)NC(=O)CN)c1. The summed E-state index contributed by atoms with van der Waals surface area (Å²) in [4.78, 5) is 115. The van der Waals surface area contributed by atoms with Gasteiger partial charge in [0.15, 0.2) is 27.2 Å². The fraction of sp³-hybridized carbons (Fsp3) is 0.533. The van der Waals surface area contributed by atoms with Gasteiger partial charge in [-0.2, -0.15) is 23.5 Å². The number of carbonyl (C=O) groups excluding carboxylic acids is 7. The zero-order valence-electron chi connectivity index (χ0n) is 41.3. The molecular formula is C45H66N8O19S2. The maximum Gasteiger partial charge on any atom is 0.320 e. The summed E-state index contributed by atoms with van der Waals surface area (Å²) >= 11 is 2.01. The molecule has 2 unspecified atom stereocenters. The molecule has 0 aliphatic heterocycles. The fourth-order valence-corrected chi connectivity index (χ4v) is 8.72. The Balaban J connectivity index is 2.77. The smallest absolute Gasteiger partial charge is 0.320 e. The molecular weight excluding hydrogens is 1020 g/mol. The van der Waals surface area contributed by atoms with Crippen molar-refractivity contribution in [1.29, 1.82) is 0 Å². The van der Waals surface area contributed by atoms with Gasteiger partial charge in [0.05, 0.1) is 13.1 Å². The van der Waals surface area contributed by atoms with Gasteiger partial charge in [-0.3, -0.25) is 53.8 Å². The summed E-state index contributed by atoms with van der Waals surface area (Å²) in [6.07, 6.45) is -2.02. The number of ketones is 1. The van der Waals surface area contributed by atoms with Crippen LogP contribution < -0.4 is 63.1 Å². The number of hydrogen-bond acceptors (Lipinski definition) is 23. The van der Waals surface area contributed by atoms with Crippen LogP contribution in [0.5, 0.6) is 23.0 Å². The quantitative estimate of drug-likeness (QED) is 0.0352. The van der Waals surface area contributed by atoms with Crippen LogP contribution in [0.1, 0.15) is 60.2 Å². The predicted octanol–water partition coefficient (Wildman–Crippen LogP) is -1.23. The maximum atomic E-state index is 14.8. The number of hydrogen-bond donors (Lipinski definition) is 10. The molecule has 27 nitrogen and oxygen atoms in total. The number of benzene rings is 2. The first kappa shape index (κ1) is 64.0. The molecule has 74 heavy (non-hydrogen) atoms. The van der Waals surface area contributed by atoms with Gasteiger partial charge in [0.1, 0.15) is 52.9 Å². The molecule has 0 radical (unpaired) electrons. The van der Waals surface area contributed by atoms with Gasteiger partial charge in [-0.25, -0.2) is 0 Å². The van der Waals surface area contributed by atoms with Crippen LogP contribution in [0.25, 0.3) is 0 Å². The van der Waals surface area contributed by atoms with Gasteiger partial charge in [0.2, 0.25) is 35.4 Å². The maximum absolute atomic E-state index is 14.8. The van der Waals surface area contributed by atoms with E-state index in [4.69, 9.17) is 60.8 Å². The first-order valence-electron chi connectivity index (χ1n) is 22.4. The number of Topliss-reactive ketones (excluding diaryl/α,β-unsaturated/α-hetero) is 1. The number of thioether (sulfide) groups is 2. The summed E-state index contributed by atoms with van der Waals surface area (Å²) in [5.41, 5.74) is 22.9. The van der Waals surface area contributed by atoms with Gasteiger partial charge in [0, 0.05) is 88.3 Å². The van der Waals surface area contributed by atoms with Crippen molar-refractivity contribution >= 4 is 76.7 Å². The minimum atomic E-state index is -1.45. The second kappa shape index (κ2) is 35.1. The van der Waals surface area contributed by atoms with Crippen molar-refractivity contribution in [2.75, 3.05) is 80.2 Å². The molecule has 0 heterocycles. The average Bonchev–Trinajstić information content (AvgIpc) is 3.37.